The van der Waals surface area contributed by atoms with Crippen LogP contribution >= 0.6 is 0 Å². The molecule has 1 N–H and O–H groups in total. The quantitative estimate of drug-likeness (QED) is 0.280. The molecule has 15 unspecified atom stereocenters. The van der Waals surface area contributed by atoms with E-state index in [0.29, 0.717) is 35.5 Å². The zero-order valence-electron chi connectivity index (χ0n) is 41.9. The number of Topliss-reactive ketones (excluding diaryl/α,β-unsaturated/α-hetero) is 1. The number of esters is 1. The van der Waals surface area contributed by atoms with Crippen molar-refractivity contribution in [2.45, 2.75) is 183 Å². The third-order valence-electron chi connectivity index (χ3n) is 23.6. The van der Waals surface area contributed by atoms with Gasteiger partial charge in [0.05, 0.1) is 12.5 Å². The van der Waals surface area contributed by atoms with Crippen LogP contribution in [0.2, 0.25) is 0 Å². The lowest BCUT2D eigenvalue weighted by Crippen LogP contribution is -2.70. The summed E-state index contributed by atoms with van der Waals surface area (Å²) in [5.41, 5.74) is 3.85. The van der Waals surface area contributed by atoms with Crippen molar-refractivity contribution >= 4 is 23.6 Å². The lowest BCUT2D eigenvalue weighted by atomic mass is 9.33. The fourth-order valence-electron chi connectivity index (χ4n) is 18.7. The number of hydrogen-bond donors (Lipinski definition) is 1. The Bertz CT molecular complexity index is 2530. The maximum atomic E-state index is 14.8. The second-order valence-corrected chi connectivity index (χ2v) is 26.4. The molecule has 0 saturated heterocycles. The number of carbonyl (C=O) groups excluding carboxylic acids is 3. The Morgan fingerprint density at radius 1 is 0.769 bits per heavy atom. The molecule has 1 aromatic rings. The number of allylic oxidation sites excluding steroid dienone is 4. The van der Waals surface area contributed by atoms with E-state index in [4.69, 9.17) is 14.2 Å². The summed E-state index contributed by atoms with van der Waals surface area (Å²) >= 11 is 0. The van der Waals surface area contributed by atoms with Gasteiger partial charge >= 0.3 is 11.8 Å². The first kappa shape index (κ1) is 44.1. The van der Waals surface area contributed by atoms with E-state index in [9.17, 15) is 19.5 Å². The summed E-state index contributed by atoms with van der Waals surface area (Å²) in [6.45, 7) is 27.9. The molecule has 0 aromatic heterocycles. The Hall–Kier alpha value is -3.45. The lowest BCUT2D eigenvalue weighted by molar-refractivity contribution is -0.231. The van der Waals surface area contributed by atoms with Gasteiger partial charge in [0.25, 0.3) is 0 Å². The van der Waals surface area contributed by atoms with Crippen LogP contribution in [0.25, 0.3) is 6.08 Å². The normalized spacial score (nSPS) is 51.1. The molecule has 9 aliphatic carbocycles. The number of ether oxygens (including phenoxy) is 3. The van der Waals surface area contributed by atoms with E-state index in [-0.39, 0.29) is 55.7 Å². The highest BCUT2D eigenvalue weighted by Crippen LogP contribution is 2.77. The van der Waals surface area contributed by atoms with E-state index in [2.05, 4.69) is 107 Å². The van der Waals surface area contributed by atoms with Gasteiger partial charge in [-0.25, -0.2) is 0 Å². The van der Waals surface area contributed by atoms with Gasteiger partial charge in [-0.2, -0.15) is 0 Å². The number of hydrogen-bond acceptors (Lipinski definition) is 7. The molecule has 7 heteroatoms. The van der Waals surface area contributed by atoms with E-state index >= 15 is 0 Å². The summed E-state index contributed by atoms with van der Waals surface area (Å²) in [6, 6.07) is 2.21. The maximum Gasteiger partial charge on any atom is 0.317 e. The van der Waals surface area contributed by atoms with E-state index in [1.54, 1.807) is 13.2 Å². The number of fused-ring (bicyclic) bond motifs is 17. The van der Waals surface area contributed by atoms with Crippen molar-refractivity contribution < 1.29 is 33.7 Å². The number of aliphatic hydroxyl groups is 1. The third-order valence-corrected chi connectivity index (χ3v) is 23.6. The number of carbonyl (C=O) groups is 3. The summed E-state index contributed by atoms with van der Waals surface area (Å²) < 4.78 is 19.5. The molecule has 65 heavy (non-hydrogen) atoms. The summed E-state index contributed by atoms with van der Waals surface area (Å²) in [7, 11) is 1.54. The molecule has 350 valence electrons. The van der Waals surface area contributed by atoms with Crippen molar-refractivity contribution in [3.63, 3.8) is 0 Å². The van der Waals surface area contributed by atoms with Gasteiger partial charge in [0.1, 0.15) is 5.78 Å². The van der Waals surface area contributed by atoms with Crippen LogP contribution < -0.4 is 9.47 Å². The van der Waals surface area contributed by atoms with Crippen molar-refractivity contribution in [1.29, 1.82) is 0 Å². The van der Waals surface area contributed by atoms with Crippen molar-refractivity contribution in [2.75, 3.05) is 7.11 Å². The Morgan fingerprint density at radius 2 is 1.45 bits per heavy atom. The van der Waals surface area contributed by atoms with Crippen LogP contribution in [0.3, 0.4) is 0 Å². The molecular weight excluding hydrogens is 809 g/mol. The SMILES string of the molecule is COC(=O)C1(C)CCC2(C)CCC3(C)C4C=Cc5c(cc6c(c5C)OC5(O)C(=O)C=C7C(=CC=C8C7(C)CCC7(C)C9CC(C)C(=O)CC9(C)CCC87C)C5(C)O6)C4(C)CCC3(C)C2C1. The smallest absolute Gasteiger partial charge is 0.317 e. The van der Waals surface area contributed by atoms with E-state index in [1.807, 2.05) is 6.92 Å². The topological polar surface area (TPSA) is 99.1 Å². The van der Waals surface area contributed by atoms with Gasteiger partial charge in [0.15, 0.2) is 11.5 Å². The number of methoxy groups -OCH3 is 1. The molecule has 1 heterocycles. The highest BCUT2D eigenvalue weighted by Gasteiger charge is 2.72. The molecule has 10 aliphatic rings. The minimum Gasteiger partial charge on any atom is -0.471 e. The van der Waals surface area contributed by atoms with Crippen LogP contribution in [-0.2, 0) is 24.5 Å². The first-order valence-electron chi connectivity index (χ1n) is 25.5. The minimum atomic E-state index is -2.25. The van der Waals surface area contributed by atoms with Crippen LogP contribution in [0.15, 0.2) is 47.1 Å². The lowest BCUT2D eigenvalue weighted by Gasteiger charge is -2.71. The van der Waals surface area contributed by atoms with Gasteiger partial charge in [0.2, 0.25) is 11.4 Å². The fourth-order valence-corrected chi connectivity index (χ4v) is 18.7. The maximum absolute atomic E-state index is 14.8. The summed E-state index contributed by atoms with van der Waals surface area (Å²) in [6.07, 6.45) is 23.6. The molecule has 0 radical (unpaired) electrons. The zero-order valence-corrected chi connectivity index (χ0v) is 41.9. The molecule has 11 rings (SSSR count). The highest BCUT2D eigenvalue weighted by molar-refractivity contribution is 6.02. The molecule has 1 aromatic carbocycles. The van der Waals surface area contributed by atoms with Crippen LogP contribution in [0, 0.1) is 73.9 Å². The minimum absolute atomic E-state index is 0.00289. The fraction of sp³-hybridized carbons (Fsp3) is 0.707. The van der Waals surface area contributed by atoms with Gasteiger partial charge < -0.3 is 19.3 Å². The molecular formula is C58H76O7. The van der Waals surface area contributed by atoms with Crippen molar-refractivity contribution in [3.05, 3.63) is 63.8 Å². The number of rotatable bonds is 1. The van der Waals surface area contributed by atoms with Crippen molar-refractivity contribution in [3.8, 4) is 11.5 Å². The van der Waals surface area contributed by atoms with Crippen molar-refractivity contribution in [2.24, 2.45) is 67.0 Å². The predicted molar refractivity (Wildman–Crippen MR) is 253 cm³/mol. The highest BCUT2D eigenvalue weighted by atomic mass is 16.7. The predicted octanol–water partition coefficient (Wildman–Crippen LogP) is 12.3. The van der Waals surface area contributed by atoms with Crippen LogP contribution in [-0.4, -0.2) is 41.1 Å². The van der Waals surface area contributed by atoms with Crippen LogP contribution in [0.4, 0.5) is 0 Å². The van der Waals surface area contributed by atoms with Gasteiger partial charge in [-0.05, 0) is 177 Å². The zero-order chi connectivity index (χ0) is 46.7. The largest absolute Gasteiger partial charge is 0.471 e. The number of ketones is 2. The number of benzene rings is 1. The van der Waals surface area contributed by atoms with Gasteiger partial charge in [-0.15, -0.1) is 0 Å². The summed E-state index contributed by atoms with van der Waals surface area (Å²) in [4.78, 5) is 41.2. The first-order chi connectivity index (χ1) is 30.2. The Kier molecular flexibility index (Phi) is 8.68. The molecule has 7 nitrogen and oxygen atoms in total. The van der Waals surface area contributed by atoms with E-state index in [1.165, 1.54) is 11.1 Å². The Labute approximate surface area is 388 Å². The molecule has 0 bridgehead atoms. The molecule has 0 amide bonds. The second kappa shape index (κ2) is 12.8. The second-order valence-electron chi connectivity index (χ2n) is 26.4. The van der Waals surface area contributed by atoms with Crippen molar-refractivity contribution in [1.82, 2.24) is 0 Å². The Morgan fingerprint density at radius 3 is 2.17 bits per heavy atom. The standard InChI is InChI=1S/C58H76O7/c1-33-28-43-49(4,31-39(33)59)21-25-53(8)42-17-15-36-38(52(42,7)23-26-55(43,53)10)30-45(60)58(62)57(36,12)64-40-29-37-35(34(2)46(40)65-58)14-16-41-51(37,6)22-27-56(11)44-32-50(5,47(61)63-13)19-18-48(44,3)20-24-54(41,56)9/h14-17,29-30,33,41,43-44,62H,18-28,31-32H2,1-13H3. The van der Waals surface area contributed by atoms with E-state index in [0.717, 1.165) is 99.3 Å². The molecule has 6 saturated carbocycles. The monoisotopic (exact) mass is 885 g/mol. The summed E-state index contributed by atoms with van der Waals surface area (Å²) in [5.74, 6) is -0.156. The average Bonchev–Trinajstić information content (AvgIpc) is 3.25. The molecule has 1 aliphatic heterocycles. The molecule has 15 atom stereocenters. The van der Waals surface area contributed by atoms with E-state index < -0.39 is 28.0 Å². The Balaban J connectivity index is 0.972. The first-order valence-corrected chi connectivity index (χ1v) is 25.5. The van der Waals surface area contributed by atoms with Gasteiger partial charge in [-0.1, -0.05) is 92.2 Å². The van der Waals surface area contributed by atoms with Gasteiger partial charge in [-0.3, -0.25) is 14.4 Å². The average molecular weight is 885 g/mol. The summed E-state index contributed by atoms with van der Waals surface area (Å²) in [5, 5.41) is 12.8. The third kappa shape index (κ3) is 4.96. The molecule has 6 fully saturated rings. The van der Waals surface area contributed by atoms with Crippen LogP contribution in [0.5, 0.6) is 11.5 Å². The van der Waals surface area contributed by atoms with Gasteiger partial charge in [0, 0.05) is 34.3 Å². The molecule has 0 spiro atoms. The van der Waals surface area contributed by atoms with Crippen LogP contribution in [0.1, 0.15) is 176 Å².